The standard InChI is InChI=1S/C18H19N5O2/c1-2-14-8-13(10-20-17(14)24-6-1)11-22-4-5-23-15(12-22)9-16(21-23)18-19-3-7-25-18/h3,7-10H,1-2,4-6,11-12H2. The molecule has 0 bridgehead atoms. The number of fused-ring (bicyclic) bond motifs is 2. The van der Waals surface area contributed by atoms with Crippen molar-refractivity contribution in [1.29, 1.82) is 0 Å². The fourth-order valence-corrected chi connectivity index (χ4v) is 3.54. The Balaban J connectivity index is 1.32. The first kappa shape index (κ1) is 14.7. The molecular weight excluding hydrogens is 318 g/mol. The molecule has 0 unspecified atom stereocenters. The summed E-state index contributed by atoms with van der Waals surface area (Å²) in [5.74, 6) is 1.38. The van der Waals surface area contributed by atoms with Crippen molar-refractivity contribution in [2.24, 2.45) is 0 Å². The SMILES string of the molecule is c1coc(-c2cc3n(n2)CCN(Cc2cnc4c(c2)CCCO4)C3)n1. The smallest absolute Gasteiger partial charge is 0.246 e. The van der Waals surface area contributed by atoms with Gasteiger partial charge in [0.25, 0.3) is 0 Å². The van der Waals surface area contributed by atoms with E-state index in [4.69, 9.17) is 9.15 Å². The van der Waals surface area contributed by atoms with E-state index in [0.29, 0.717) is 5.89 Å². The van der Waals surface area contributed by atoms with Crippen LogP contribution in [0.25, 0.3) is 11.6 Å². The van der Waals surface area contributed by atoms with Crippen molar-refractivity contribution in [2.75, 3.05) is 13.2 Å². The normalized spacial score (nSPS) is 17.0. The molecule has 0 N–H and O–H groups in total. The molecule has 0 aliphatic carbocycles. The Labute approximate surface area is 145 Å². The summed E-state index contributed by atoms with van der Waals surface area (Å²) in [6, 6.07) is 4.31. The largest absolute Gasteiger partial charge is 0.477 e. The summed E-state index contributed by atoms with van der Waals surface area (Å²) < 4.78 is 13.0. The number of ether oxygens (including phenoxy) is 1. The first-order valence-electron chi connectivity index (χ1n) is 8.65. The van der Waals surface area contributed by atoms with Crippen molar-refractivity contribution >= 4 is 0 Å². The van der Waals surface area contributed by atoms with Crippen LogP contribution in [0.5, 0.6) is 5.88 Å². The predicted molar refractivity (Wildman–Crippen MR) is 89.9 cm³/mol. The number of aryl methyl sites for hydroxylation is 1. The molecule has 0 radical (unpaired) electrons. The summed E-state index contributed by atoms with van der Waals surface area (Å²) in [6.07, 6.45) is 7.29. The second kappa shape index (κ2) is 6.00. The molecule has 5 heterocycles. The molecule has 0 fully saturated rings. The van der Waals surface area contributed by atoms with Gasteiger partial charge in [-0.2, -0.15) is 5.10 Å². The van der Waals surface area contributed by atoms with Gasteiger partial charge in [0.05, 0.1) is 25.0 Å². The third kappa shape index (κ3) is 2.80. The van der Waals surface area contributed by atoms with E-state index in [9.17, 15) is 0 Å². The Morgan fingerprint density at radius 1 is 1.16 bits per heavy atom. The molecule has 7 heteroatoms. The molecule has 3 aromatic heterocycles. The van der Waals surface area contributed by atoms with Crippen LogP contribution in [0.1, 0.15) is 23.2 Å². The fraction of sp³-hybridized carbons (Fsp3) is 0.389. The van der Waals surface area contributed by atoms with Gasteiger partial charge < -0.3 is 9.15 Å². The summed E-state index contributed by atoms with van der Waals surface area (Å²) in [5, 5.41) is 4.60. The summed E-state index contributed by atoms with van der Waals surface area (Å²) in [7, 11) is 0. The van der Waals surface area contributed by atoms with Gasteiger partial charge in [-0.1, -0.05) is 0 Å². The topological polar surface area (TPSA) is 69.2 Å². The summed E-state index contributed by atoms with van der Waals surface area (Å²) in [6.45, 7) is 4.37. The molecule has 0 spiro atoms. The lowest BCUT2D eigenvalue weighted by atomic mass is 10.1. The molecule has 3 aromatic rings. The third-order valence-corrected chi connectivity index (χ3v) is 4.75. The Morgan fingerprint density at radius 2 is 2.16 bits per heavy atom. The van der Waals surface area contributed by atoms with Gasteiger partial charge >= 0.3 is 0 Å². The molecule has 7 nitrogen and oxygen atoms in total. The summed E-state index contributed by atoms with van der Waals surface area (Å²) in [5.41, 5.74) is 4.46. The monoisotopic (exact) mass is 337 g/mol. The van der Waals surface area contributed by atoms with Crippen LogP contribution in [0.15, 0.2) is 35.2 Å². The van der Waals surface area contributed by atoms with Crippen LogP contribution in [-0.2, 0) is 26.1 Å². The highest BCUT2D eigenvalue weighted by molar-refractivity contribution is 5.47. The minimum Gasteiger partial charge on any atom is -0.477 e. The Kier molecular flexibility index (Phi) is 3.52. The molecule has 2 aliphatic heterocycles. The Bertz CT molecular complexity index is 887. The number of pyridine rings is 1. The fourth-order valence-electron chi connectivity index (χ4n) is 3.54. The molecule has 128 valence electrons. The summed E-state index contributed by atoms with van der Waals surface area (Å²) >= 11 is 0. The zero-order valence-corrected chi connectivity index (χ0v) is 13.9. The second-order valence-corrected chi connectivity index (χ2v) is 6.55. The van der Waals surface area contributed by atoms with Crippen molar-refractivity contribution in [3.8, 4) is 17.5 Å². The van der Waals surface area contributed by atoms with Gasteiger partial charge in [0.2, 0.25) is 11.8 Å². The predicted octanol–water partition coefficient (Wildman–Crippen LogP) is 2.27. The van der Waals surface area contributed by atoms with E-state index in [1.165, 1.54) is 16.8 Å². The van der Waals surface area contributed by atoms with E-state index >= 15 is 0 Å². The number of nitrogens with zero attached hydrogens (tertiary/aromatic N) is 5. The maximum Gasteiger partial charge on any atom is 0.246 e. The van der Waals surface area contributed by atoms with Crippen molar-refractivity contribution < 1.29 is 9.15 Å². The van der Waals surface area contributed by atoms with Crippen molar-refractivity contribution in [3.05, 3.63) is 47.6 Å². The Morgan fingerprint density at radius 3 is 3.08 bits per heavy atom. The number of hydrogen-bond acceptors (Lipinski definition) is 6. The van der Waals surface area contributed by atoms with Gasteiger partial charge in [-0.3, -0.25) is 9.58 Å². The third-order valence-electron chi connectivity index (χ3n) is 4.75. The molecule has 2 aliphatic rings. The van der Waals surface area contributed by atoms with Crippen LogP contribution in [-0.4, -0.2) is 37.8 Å². The van der Waals surface area contributed by atoms with E-state index in [-0.39, 0.29) is 0 Å². The van der Waals surface area contributed by atoms with Crippen LogP contribution in [0.3, 0.4) is 0 Å². The highest BCUT2D eigenvalue weighted by atomic mass is 16.5. The lowest BCUT2D eigenvalue weighted by molar-refractivity contribution is 0.204. The quantitative estimate of drug-likeness (QED) is 0.730. The van der Waals surface area contributed by atoms with E-state index < -0.39 is 0 Å². The first-order chi connectivity index (χ1) is 12.3. The number of hydrogen-bond donors (Lipinski definition) is 0. The molecule has 0 saturated carbocycles. The van der Waals surface area contributed by atoms with E-state index in [2.05, 4.69) is 36.8 Å². The highest BCUT2D eigenvalue weighted by Crippen LogP contribution is 2.25. The van der Waals surface area contributed by atoms with Crippen LogP contribution in [0.4, 0.5) is 0 Å². The van der Waals surface area contributed by atoms with Gasteiger partial charge in [0.15, 0.2) is 0 Å². The number of aromatic nitrogens is 4. The van der Waals surface area contributed by atoms with Gasteiger partial charge in [-0.05, 0) is 30.5 Å². The zero-order valence-electron chi connectivity index (χ0n) is 13.9. The van der Waals surface area contributed by atoms with Crippen LogP contribution >= 0.6 is 0 Å². The maximum absolute atomic E-state index is 5.60. The lowest BCUT2D eigenvalue weighted by Gasteiger charge is -2.27. The van der Waals surface area contributed by atoms with Gasteiger partial charge in [0, 0.05) is 31.4 Å². The number of oxazole rings is 1. The average Bonchev–Trinajstić information content (AvgIpc) is 3.30. The minimum absolute atomic E-state index is 0.576. The maximum atomic E-state index is 5.60. The first-order valence-corrected chi connectivity index (χ1v) is 8.65. The van der Waals surface area contributed by atoms with Crippen LogP contribution in [0.2, 0.25) is 0 Å². The highest BCUT2D eigenvalue weighted by Gasteiger charge is 2.21. The van der Waals surface area contributed by atoms with Gasteiger partial charge in [-0.15, -0.1) is 0 Å². The number of rotatable bonds is 3. The molecular formula is C18H19N5O2. The Hall–Kier alpha value is -2.67. The zero-order chi connectivity index (χ0) is 16.6. The van der Waals surface area contributed by atoms with Gasteiger partial charge in [0.1, 0.15) is 12.0 Å². The molecule has 5 rings (SSSR count). The van der Waals surface area contributed by atoms with Crippen molar-refractivity contribution in [2.45, 2.75) is 32.5 Å². The van der Waals surface area contributed by atoms with E-state index in [0.717, 1.165) is 57.2 Å². The van der Waals surface area contributed by atoms with Gasteiger partial charge in [-0.25, -0.2) is 9.97 Å². The second-order valence-electron chi connectivity index (χ2n) is 6.55. The van der Waals surface area contributed by atoms with Crippen LogP contribution < -0.4 is 4.74 Å². The molecule has 25 heavy (non-hydrogen) atoms. The van der Waals surface area contributed by atoms with Crippen LogP contribution in [0, 0.1) is 0 Å². The molecule has 0 atom stereocenters. The minimum atomic E-state index is 0.576. The van der Waals surface area contributed by atoms with Crippen molar-refractivity contribution in [1.82, 2.24) is 24.6 Å². The van der Waals surface area contributed by atoms with E-state index in [1.54, 1.807) is 12.5 Å². The summed E-state index contributed by atoms with van der Waals surface area (Å²) in [4.78, 5) is 11.1. The van der Waals surface area contributed by atoms with E-state index in [1.807, 2.05) is 6.20 Å². The molecule has 0 amide bonds. The lowest BCUT2D eigenvalue weighted by Crippen LogP contribution is -2.33. The molecule has 0 saturated heterocycles. The van der Waals surface area contributed by atoms with Crippen molar-refractivity contribution in [3.63, 3.8) is 0 Å². The molecule has 0 aromatic carbocycles. The average molecular weight is 337 g/mol.